The summed E-state index contributed by atoms with van der Waals surface area (Å²) in [6, 6.07) is 4.42. The fourth-order valence-corrected chi connectivity index (χ4v) is 2.64. The van der Waals surface area contributed by atoms with E-state index in [1.165, 1.54) is 54.3 Å². The first-order chi connectivity index (χ1) is 12.4. The van der Waals surface area contributed by atoms with Gasteiger partial charge in [-0.25, -0.2) is 19.2 Å². The molecular weight excluding hydrogens is 343 g/mol. The lowest BCUT2D eigenvalue weighted by atomic mass is 10.1. The van der Waals surface area contributed by atoms with E-state index in [4.69, 9.17) is 0 Å². The van der Waals surface area contributed by atoms with Gasteiger partial charge in [0.25, 0.3) is 30.0 Å². The van der Waals surface area contributed by atoms with Crippen molar-refractivity contribution in [3.05, 3.63) is 35.6 Å². The highest BCUT2D eigenvalue weighted by Crippen LogP contribution is 2.16. The summed E-state index contributed by atoms with van der Waals surface area (Å²) in [6.07, 6.45) is 2.65. The van der Waals surface area contributed by atoms with Gasteiger partial charge in [0.1, 0.15) is 5.82 Å². The van der Waals surface area contributed by atoms with Gasteiger partial charge in [-0.15, -0.1) is 0 Å². The van der Waals surface area contributed by atoms with Crippen LogP contribution in [0.5, 0.6) is 0 Å². The molecule has 4 amide bonds. The van der Waals surface area contributed by atoms with Gasteiger partial charge in [-0.1, -0.05) is 12.1 Å². The van der Waals surface area contributed by atoms with Crippen LogP contribution in [0.15, 0.2) is 34.4 Å². The van der Waals surface area contributed by atoms with Crippen molar-refractivity contribution in [3.63, 3.8) is 0 Å². The standard InChI is InChI=1S/C16H15FN6O3/c1-21-14-13(15(25)22(2)16(21)26)23(9-18-14)8-12(24)20-19-7-10-4-3-5-11(17)6-10/h3-7,9,13H,8H2,1-2H3/p+1/b19-7+. The minimum absolute atomic E-state index is 0.181. The molecule has 1 aromatic rings. The van der Waals surface area contributed by atoms with Crippen LogP contribution in [0.4, 0.5) is 9.18 Å². The number of carbonyl (C=O) groups excluding carboxylic acids is 3. The maximum Gasteiger partial charge on any atom is 0.333 e. The van der Waals surface area contributed by atoms with Crippen LogP contribution in [0.3, 0.4) is 0 Å². The van der Waals surface area contributed by atoms with Crippen LogP contribution in [-0.2, 0) is 9.59 Å². The van der Waals surface area contributed by atoms with Crippen molar-refractivity contribution in [1.82, 2.24) is 15.2 Å². The molecule has 2 aliphatic heterocycles. The molecule has 1 saturated heterocycles. The summed E-state index contributed by atoms with van der Waals surface area (Å²) in [5.74, 6) is -1.08. The molecule has 1 unspecified atom stereocenters. The number of aliphatic imine (C=N–C) groups is 1. The molecule has 9 nitrogen and oxygen atoms in total. The second kappa shape index (κ2) is 6.82. The van der Waals surface area contributed by atoms with Crippen LogP contribution in [0.2, 0.25) is 0 Å². The molecule has 3 rings (SSSR count). The Kier molecular flexibility index (Phi) is 4.57. The van der Waals surface area contributed by atoms with Gasteiger partial charge >= 0.3 is 6.03 Å². The molecule has 2 aliphatic rings. The smallest absolute Gasteiger partial charge is 0.269 e. The molecule has 1 fully saturated rings. The summed E-state index contributed by atoms with van der Waals surface area (Å²) < 4.78 is 14.5. The van der Waals surface area contributed by atoms with Crippen LogP contribution in [0.1, 0.15) is 5.56 Å². The molecule has 10 heteroatoms. The quantitative estimate of drug-likeness (QED) is 0.451. The number of amidine groups is 1. The van der Waals surface area contributed by atoms with Crippen LogP contribution in [-0.4, -0.2) is 77.3 Å². The Labute approximate surface area is 148 Å². The number of urea groups is 1. The zero-order valence-corrected chi connectivity index (χ0v) is 14.1. The molecular formula is C16H16FN6O3+. The van der Waals surface area contributed by atoms with Crippen molar-refractivity contribution in [1.29, 1.82) is 0 Å². The van der Waals surface area contributed by atoms with Gasteiger partial charge in [0.05, 0.1) is 6.21 Å². The lowest BCUT2D eigenvalue weighted by Gasteiger charge is -2.30. The molecule has 0 aromatic heterocycles. The van der Waals surface area contributed by atoms with E-state index in [9.17, 15) is 18.8 Å². The summed E-state index contributed by atoms with van der Waals surface area (Å²) in [7, 11) is 2.88. The van der Waals surface area contributed by atoms with Crippen molar-refractivity contribution < 1.29 is 23.3 Å². The zero-order chi connectivity index (χ0) is 18.8. The van der Waals surface area contributed by atoms with Gasteiger partial charge in [-0.05, 0) is 22.7 Å². The second-order valence-corrected chi connectivity index (χ2v) is 5.76. The molecule has 1 aromatic carbocycles. The van der Waals surface area contributed by atoms with E-state index in [-0.39, 0.29) is 12.4 Å². The number of imide groups is 1. The van der Waals surface area contributed by atoms with Crippen LogP contribution >= 0.6 is 0 Å². The first-order valence-electron chi connectivity index (χ1n) is 7.68. The predicted molar refractivity (Wildman–Crippen MR) is 90.5 cm³/mol. The Balaban J connectivity index is 1.62. The average Bonchev–Trinajstić information content (AvgIpc) is 3.02. The third-order valence-electron chi connectivity index (χ3n) is 3.97. The van der Waals surface area contributed by atoms with Crippen LogP contribution in [0, 0.1) is 5.82 Å². The Morgan fingerprint density at radius 3 is 2.88 bits per heavy atom. The Morgan fingerprint density at radius 1 is 1.38 bits per heavy atom. The van der Waals surface area contributed by atoms with Crippen molar-refractivity contribution in [2.75, 3.05) is 20.6 Å². The fourth-order valence-electron chi connectivity index (χ4n) is 2.64. The largest absolute Gasteiger partial charge is 0.333 e. The number of carbonyl (C=O) groups is 3. The maximum atomic E-state index is 13.1. The van der Waals surface area contributed by atoms with Gasteiger partial charge in [0, 0.05) is 14.1 Å². The minimum atomic E-state index is -0.833. The third kappa shape index (κ3) is 3.21. The number of halogens is 1. The molecule has 0 saturated carbocycles. The van der Waals surface area contributed by atoms with E-state index in [1.807, 2.05) is 0 Å². The normalized spacial score (nSPS) is 19.6. The summed E-state index contributed by atoms with van der Waals surface area (Å²) in [5, 5.41) is 3.76. The molecule has 0 aliphatic carbocycles. The van der Waals surface area contributed by atoms with Gasteiger partial charge in [0.15, 0.2) is 6.54 Å². The number of fused-ring (bicyclic) bond motifs is 1. The Morgan fingerprint density at radius 2 is 2.15 bits per heavy atom. The number of amides is 4. The lowest BCUT2D eigenvalue weighted by molar-refractivity contribution is -0.519. The van der Waals surface area contributed by atoms with Gasteiger partial charge in [0.2, 0.25) is 0 Å². The molecule has 2 heterocycles. The van der Waals surface area contributed by atoms with E-state index in [2.05, 4.69) is 15.5 Å². The van der Waals surface area contributed by atoms with Crippen LogP contribution in [0.25, 0.3) is 0 Å². The molecule has 1 atom stereocenters. The second-order valence-electron chi connectivity index (χ2n) is 5.76. The Bertz CT molecular complexity index is 878. The molecule has 0 bridgehead atoms. The van der Waals surface area contributed by atoms with E-state index < -0.39 is 29.7 Å². The number of nitrogens with one attached hydrogen (secondary N) is 1. The van der Waals surface area contributed by atoms with Crippen molar-refractivity contribution in [2.45, 2.75) is 6.04 Å². The summed E-state index contributed by atoms with van der Waals surface area (Å²) >= 11 is 0. The number of benzene rings is 1. The van der Waals surface area contributed by atoms with E-state index in [1.54, 1.807) is 6.07 Å². The number of hydrogen-bond donors (Lipinski definition) is 1. The maximum absolute atomic E-state index is 13.1. The van der Waals surface area contributed by atoms with Crippen LogP contribution < -0.4 is 5.43 Å². The van der Waals surface area contributed by atoms with E-state index >= 15 is 0 Å². The van der Waals surface area contributed by atoms with Gasteiger partial charge in [-0.2, -0.15) is 5.10 Å². The number of hydrogen-bond acceptors (Lipinski definition) is 5. The number of rotatable bonds is 4. The molecule has 26 heavy (non-hydrogen) atoms. The predicted octanol–water partition coefficient (Wildman–Crippen LogP) is -0.379. The molecule has 0 radical (unpaired) electrons. The Hall–Kier alpha value is -3.43. The molecule has 0 spiro atoms. The highest BCUT2D eigenvalue weighted by Gasteiger charge is 2.50. The number of hydrazone groups is 1. The number of likely N-dealkylation sites (N-methyl/N-ethyl adjacent to an activating group) is 2. The third-order valence-corrected chi connectivity index (χ3v) is 3.97. The first-order valence-corrected chi connectivity index (χ1v) is 7.68. The van der Waals surface area contributed by atoms with E-state index in [0.29, 0.717) is 5.56 Å². The monoisotopic (exact) mass is 359 g/mol. The fraction of sp³-hybridized carbons (Fsp3) is 0.250. The minimum Gasteiger partial charge on any atom is -0.269 e. The molecule has 134 valence electrons. The zero-order valence-electron chi connectivity index (χ0n) is 14.1. The van der Waals surface area contributed by atoms with E-state index in [0.717, 1.165) is 4.90 Å². The average molecular weight is 359 g/mol. The van der Waals surface area contributed by atoms with Gasteiger partial charge in [-0.3, -0.25) is 19.4 Å². The highest BCUT2D eigenvalue weighted by molar-refractivity contribution is 6.21. The summed E-state index contributed by atoms with van der Waals surface area (Å²) in [6.45, 7) is -0.181. The topological polar surface area (TPSA) is 97.4 Å². The highest BCUT2D eigenvalue weighted by atomic mass is 19.1. The van der Waals surface area contributed by atoms with Crippen molar-refractivity contribution in [2.24, 2.45) is 10.1 Å². The van der Waals surface area contributed by atoms with Gasteiger partial charge < -0.3 is 0 Å². The SMILES string of the molecule is CN1C(=O)C2C(=NC=[N+]2CC(=O)N/N=C/c2cccc(F)c2)N(C)C1=O. The summed E-state index contributed by atoms with van der Waals surface area (Å²) in [5.41, 5.74) is 2.80. The van der Waals surface area contributed by atoms with Crippen molar-refractivity contribution >= 4 is 36.2 Å². The molecule has 1 N–H and O–H groups in total. The summed E-state index contributed by atoms with van der Waals surface area (Å²) in [4.78, 5) is 42.6. The van der Waals surface area contributed by atoms with Crippen molar-refractivity contribution in [3.8, 4) is 0 Å². The number of nitrogens with zero attached hydrogens (tertiary/aromatic N) is 5. The lowest BCUT2D eigenvalue weighted by Crippen LogP contribution is -2.61. The first kappa shape index (κ1) is 17.4.